The first-order valence-corrected chi connectivity index (χ1v) is 5.31. The molecule has 0 spiro atoms. The second-order valence-corrected chi connectivity index (χ2v) is 4.36. The highest BCUT2D eigenvalue weighted by Gasteiger charge is 2.65. The van der Waals surface area contributed by atoms with Crippen LogP contribution in [0.2, 0.25) is 0 Å². The Kier molecular flexibility index (Phi) is 2.99. The van der Waals surface area contributed by atoms with Crippen molar-refractivity contribution < 1.29 is 39.2 Å². The first kappa shape index (κ1) is 12.8. The Labute approximate surface area is 101 Å². The Bertz CT molecular complexity index is 403. The lowest BCUT2D eigenvalue weighted by Crippen LogP contribution is -2.53. The van der Waals surface area contributed by atoms with Gasteiger partial charge in [-0.3, -0.25) is 14.4 Å². The van der Waals surface area contributed by atoms with Gasteiger partial charge in [0.05, 0.1) is 0 Å². The maximum atomic E-state index is 11.1. The van der Waals surface area contributed by atoms with Gasteiger partial charge in [-0.05, 0) is 0 Å². The van der Waals surface area contributed by atoms with E-state index in [0.29, 0.717) is 0 Å². The molecule has 2 saturated heterocycles. The number of esters is 1. The molecule has 2 heterocycles. The van der Waals surface area contributed by atoms with Crippen LogP contribution in [0.5, 0.6) is 0 Å². The second-order valence-electron chi connectivity index (χ2n) is 4.36. The van der Waals surface area contributed by atoms with Crippen LogP contribution in [0.4, 0.5) is 0 Å². The molecule has 3 N–H and O–H groups in total. The summed E-state index contributed by atoms with van der Waals surface area (Å²) in [5, 5.41) is 27.8. The fourth-order valence-electron chi connectivity index (χ4n) is 2.63. The molecule has 0 radical (unpaired) electrons. The Balaban J connectivity index is 2.28. The zero-order valence-electron chi connectivity index (χ0n) is 9.35. The molecule has 18 heavy (non-hydrogen) atoms. The highest BCUT2D eigenvalue weighted by molar-refractivity contribution is 5.82. The molecule has 0 saturated carbocycles. The molecule has 2 bridgehead atoms. The minimum atomic E-state index is -1.35. The van der Waals surface area contributed by atoms with Crippen LogP contribution in [0.25, 0.3) is 0 Å². The van der Waals surface area contributed by atoms with Crippen LogP contribution in [0.3, 0.4) is 0 Å². The number of ether oxygens (including phenoxy) is 2. The number of fused-ring (bicyclic) bond motifs is 2. The normalized spacial score (nSPS) is 41.7. The topological polar surface area (TPSA) is 130 Å². The average Bonchev–Trinajstić information content (AvgIpc) is 2.75. The van der Waals surface area contributed by atoms with Crippen molar-refractivity contribution in [3.8, 4) is 0 Å². The summed E-state index contributed by atoms with van der Waals surface area (Å²) in [7, 11) is 0. The van der Waals surface area contributed by atoms with Crippen LogP contribution in [0.1, 0.15) is 6.92 Å². The molecule has 2 rings (SSSR count). The zero-order chi connectivity index (χ0) is 13.6. The summed E-state index contributed by atoms with van der Waals surface area (Å²) in [5.41, 5.74) is 0. The van der Waals surface area contributed by atoms with Gasteiger partial charge in [0, 0.05) is 6.92 Å². The van der Waals surface area contributed by atoms with Gasteiger partial charge in [0.25, 0.3) is 0 Å². The Hall–Kier alpha value is -1.67. The summed E-state index contributed by atoms with van der Waals surface area (Å²) >= 11 is 0. The van der Waals surface area contributed by atoms with Crippen molar-refractivity contribution in [1.29, 1.82) is 0 Å². The predicted octanol–water partition coefficient (Wildman–Crippen LogP) is -1.54. The Morgan fingerprint density at radius 2 is 1.56 bits per heavy atom. The van der Waals surface area contributed by atoms with Crippen molar-refractivity contribution in [2.24, 2.45) is 11.8 Å². The molecule has 0 amide bonds. The van der Waals surface area contributed by atoms with E-state index in [9.17, 15) is 19.5 Å². The predicted molar refractivity (Wildman–Crippen MR) is 52.5 cm³/mol. The third-order valence-electron chi connectivity index (χ3n) is 3.28. The van der Waals surface area contributed by atoms with Crippen LogP contribution in [0.15, 0.2) is 0 Å². The van der Waals surface area contributed by atoms with Crippen molar-refractivity contribution in [2.45, 2.75) is 31.3 Å². The van der Waals surface area contributed by atoms with Gasteiger partial charge >= 0.3 is 17.9 Å². The van der Waals surface area contributed by atoms with Crippen LogP contribution < -0.4 is 0 Å². The number of carboxylic acid groups (broad SMARTS) is 2. The zero-order valence-corrected chi connectivity index (χ0v) is 9.35. The van der Waals surface area contributed by atoms with E-state index in [0.717, 1.165) is 6.92 Å². The number of aliphatic hydroxyl groups excluding tert-OH is 1. The summed E-state index contributed by atoms with van der Waals surface area (Å²) in [6, 6.07) is 0. The SMILES string of the molecule is CC(=O)OC1C(O)C2OC1C(C(=O)O)C2C(=O)O. The number of aliphatic hydroxyl groups is 1. The number of carbonyl (C=O) groups is 3. The molecule has 0 aromatic carbocycles. The van der Waals surface area contributed by atoms with E-state index in [-0.39, 0.29) is 0 Å². The fourth-order valence-corrected chi connectivity index (χ4v) is 2.63. The van der Waals surface area contributed by atoms with Gasteiger partial charge in [0.1, 0.15) is 30.1 Å². The summed E-state index contributed by atoms with van der Waals surface area (Å²) < 4.78 is 9.95. The molecule has 2 fully saturated rings. The van der Waals surface area contributed by atoms with Crippen LogP contribution in [-0.4, -0.2) is 57.6 Å². The lowest BCUT2D eigenvalue weighted by Gasteiger charge is -2.30. The quantitative estimate of drug-likeness (QED) is 0.520. The van der Waals surface area contributed by atoms with Gasteiger partial charge in [-0.1, -0.05) is 0 Å². The highest BCUT2D eigenvalue weighted by Crippen LogP contribution is 2.45. The molecule has 0 aliphatic carbocycles. The number of carboxylic acids is 2. The number of carbonyl (C=O) groups excluding carboxylic acids is 1. The van der Waals surface area contributed by atoms with Crippen LogP contribution in [0, 0.1) is 11.8 Å². The number of hydrogen-bond donors (Lipinski definition) is 3. The second kappa shape index (κ2) is 4.21. The van der Waals surface area contributed by atoms with Gasteiger partial charge in [0.15, 0.2) is 6.10 Å². The fraction of sp³-hybridized carbons (Fsp3) is 0.700. The summed E-state index contributed by atoms with van der Waals surface area (Å²) in [6.07, 6.45) is -4.76. The first-order chi connectivity index (χ1) is 8.34. The van der Waals surface area contributed by atoms with Crippen molar-refractivity contribution in [3.63, 3.8) is 0 Å². The largest absolute Gasteiger partial charge is 0.481 e. The average molecular weight is 260 g/mol. The third-order valence-corrected chi connectivity index (χ3v) is 3.28. The van der Waals surface area contributed by atoms with E-state index in [1.54, 1.807) is 0 Å². The number of aliphatic carboxylic acids is 2. The molecule has 2 aliphatic heterocycles. The lowest BCUT2D eigenvalue weighted by atomic mass is 9.76. The molecule has 6 atom stereocenters. The molecule has 0 aromatic rings. The van der Waals surface area contributed by atoms with Crippen molar-refractivity contribution in [2.75, 3.05) is 0 Å². The maximum absolute atomic E-state index is 11.1. The number of rotatable bonds is 3. The van der Waals surface area contributed by atoms with E-state index in [2.05, 4.69) is 0 Å². The smallest absolute Gasteiger partial charge is 0.310 e. The standard InChI is InChI=1S/C10H12O8/c1-2(11)17-8-5(12)6-3(9(13)14)4(10(15)16)7(8)18-6/h3-8,12H,1H3,(H,13,14)(H,15,16). The van der Waals surface area contributed by atoms with E-state index in [1.165, 1.54) is 0 Å². The van der Waals surface area contributed by atoms with E-state index >= 15 is 0 Å². The van der Waals surface area contributed by atoms with E-state index in [1.807, 2.05) is 0 Å². The minimum absolute atomic E-state index is 0.689. The minimum Gasteiger partial charge on any atom is -0.481 e. The molecule has 6 unspecified atom stereocenters. The van der Waals surface area contributed by atoms with Crippen molar-refractivity contribution in [3.05, 3.63) is 0 Å². The Morgan fingerprint density at radius 3 is 2.00 bits per heavy atom. The van der Waals surface area contributed by atoms with Gasteiger partial charge in [0.2, 0.25) is 0 Å². The van der Waals surface area contributed by atoms with E-state index in [4.69, 9.17) is 19.7 Å². The molecular formula is C10H12O8. The van der Waals surface area contributed by atoms with Crippen molar-refractivity contribution in [1.82, 2.24) is 0 Å². The molecule has 8 heteroatoms. The maximum Gasteiger partial charge on any atom is 0.310 e. The molecule has 100 valence electrons. The lowest BCUT2D eigenvalue weighted by molar-refractivity contribution is -0.167. The molecule has 2 aliphatic rings. The first-order valence-electron chi connectivity index (χ1n) is 5.31. The van der Waals surface area contributed by atoms with Gasteiger partial charge < -0.3 is 24.8 Å². The highest BCUT2D eigenvalue weighted by atomic mass is 16.6. The van der Waals surface area contributed by atoms with Crippen LogP contribution in [-0.2, 0) is 23.9 Å². The van der Waals surface area contributed by atoms with Crippen molar-refractivity contribution >= 4 is 17.9 Å². The number of hydrogen-bond acceptors (Lipinski definition) is 6. The van der Waals surface area contributed by atoms with Crippen LogP contribution >= 0.6 is 0 Å². The molecule has 8 nitrogen and oxygen atoms in total. The molecular weight excluding hydrogens is 248 g/mol. The van der Waals surface area contributed by atoms with E-state index < -0.39 is 54.2 Å². The van der Waals surface area contributed by atoms with Gasteiger partial charge in [-0.15, -0.1) is 0 Å². The van der Waals surface area contributed by atoms with Gasteiger partial charge in [-0.2, -0.15) is 0 Å². The monoisotopic (exact) mass is 260 g/mol. The summed E-state index contributed by atoms with van der Waals surface area (Å²) in [4.78, 5) is 33.0. The Morgan fingerprint density at radius 1 is 1.06 bits per heavy atom. The van der Waals surface area contributed by atoms with Gasteiger partial charge in [-0.25, -0.2) is 0 Å². The summed E-state index contributed by atoms with van der Waals surface area (Å²) in [6.45, 7) is 1.11. The third kappa shape index (κ3) is 1.73. The summed E-state index contributed by atoms with van der Waals surface area (Å²) in [5.74, 6) is -6.06. The molecule has 0 aromatic heterocycles.